The Morgan fingerprint density at radius 3 is 2.50 bits per heavy atom. The molecule has 0 saturated heterocycles. The molecule has 26 heavy (non-hydrogen) atoms. The van der Waals surface area contributed by atoms with Gasteiger partial charge in [-0.05, 0) is 19.5 Å². The van der Waals surface area contributed by atoms with Crippen molar-refractivity contribution in [3.63, 3.8) is 0 Å². The van der Waals surface area contributed by atoms with Gasteiger partial charge in [0.2, 0.25) is 0 Å². The summed E-state index contributed by atoms with van der Waals surface area (Å²) in [7, 11) is 3.08. The summed E-state index contributed by atoms with van der Waals surface area (Å²) >= 11 is 0. The van der Waals surface area contributed by atoms with Gasteiger partial charge in [0.1, 0.15) is 11.6 Å². The van der Waals surface area contributed by atoms with E-state index in [1.807, 2.05) is 19.9 Å². The van der Waals surface area contributed by atoms with Crippen molar-refractivity contribution in [2.75, 3.05) is 20.8 Å². The van der Waals surface area contributed by atoms with Crippen LogP contribution in [0.2, 0.25) is 0 Å². The van der Waals surface area contributed by atoms with Crippen molar-refractivity contribution in [1.82, 2.24) is 20.0 Å². The molecule has 1 N–H and O–H groups in total. The van der Waals surface area contributed by atoms with Gasteiger partial charge in [0.05, 0.1) is 37.4 Å². The fraction of sp³-hybridized carbons (Fsp3) is 0.389. The molecule has 0 aliphatic heterocycles. The third-order valence-corrected chi connectivity index (χ3v) is 4.14. The van der Waals surface area contributed by atoms with Gasteiger partial charge >= 0.3 is 0 Å². The number of benzene rings is 1. The highest BCUT2D eigenvalue weighted by Crippen LogP contribution is 2.29. The Morgan fingerprint density at radius 1 is 1.15 bits per heavy atom. The van der Waals surface area contributed by atoms with Gasteiger partial charge in [0.15, 0.2) is 11.5 Å². The van der Waals surface area contributed by atoms with Gasteiger partial charge in [-0.15, -0.1) is 0 Å². The molecule has 0 radical (unpaired) electrons. The van der Waals surface area contributed by atoms with Crippen molar-refractivity contribution in [1.29, 1.82) is 0 Å². The zero-order chi connectivity index (χ0) is 18.7. The van der Waals surface area contributed by atoms with Crippen LogP contribution >= 0.6 is 0 Å². The Balaban J connectivity index is 1.90. The Morgan fingerprint density at radius 2 is 1.88 bits per heavy atom. The summed E-state index contributed by atoms with van der Waals surface area (Å²) in [5.74, 6) is 2.39. The number of aromatic nitrogens is 3. The van der Waals surface area contributed by atoms with Crippen molar-refractivity contribution in [3.05, 3.63) is 45.8 Å². The lowest BCUT2D eigenvalue weighted by Gasteiger charge is -2.18. The van der Waals surface area contributed by atoms with E-state index in [1.165, 1.54) is 7.11 Å². The Kier molecular flexibility index (Phi) is 5.22. The summed E-state index contributed by atoms with van der Waals surface area (Å²) in [6.07, 6.45) is 0. The molecule has 8 heteroatoms. The number of ether oxygens (including phenoxy) is 2. The molecule has 0 amide bonds. The molecule has 0 fully saturated rings. The van der Waals surface area contributed by atoms with Crippen molar-refractivity contribution < 1.29 is 14.0 Å². The number of hydrogen-bond donors (Lipinski definition) is 1. The van der Waals surface area contributed by atoms with Gasteiger partial charge in [-0.3, -0.25) is 9.69 Å². The second-order valence-electron chi connectivity index (χ2n) is 5.97. The number of aryl methyl sites for hydroxylation is 1. The highest BCUT2D eigenvalue weighted by molar-refractivity contribution is 5.81. The van der Waals surface area contributed by atoms with Crippen LogP contribution in [0.3, 0.4) is 0 Å². The lowest BCUT2D eigenvalue weighted by Crippen LogP contribution is -2.25. The summed E-state index contributed by atoms with van der Waals surface area (Å²) in [6, 6.07) is 5.25. The summed E-state index contributed by atoms with van der Waals surface area (Å²) in [5, 5.41) is 4.47. The van der Waals surface area contributed by atoms with Gasteiger partial charge in [0.25, 0.3) is 5.56 Å². The van der Waals surface area contributed by atoms with Crippen molar-refractivity contribution >= 4 is 10.9 Å². The summed E-state index contributed by atoms with van der Waals surface area (Å²) in [6.45, 7) is 5.78. The molecule has 2 heterocycles. The first-order valence-corrected chi connectivity index (χ1v) is 8.33. The minimum absolute atomic E-state index is 0.209. The lowest BCUT2D eigenvalue weighted by atomic mass is 10.2. The largest absolute Gasteiger partial charge is 0.493 e. The predicted molar refractivity (Wildman–Crippen MR) is 96.5 cm³/mol. The van der Waals surface area contributed by atoms with E-state index < -0.39 is 0 Å². The molecule has 138 valence electrons. The predicted octanol–water partition coefficient (Wildman–Crippen LogP) is 2.26. The van der Waals surface area contributed by atoms with E-state index in [2.05, 4.69) is 20.0 Å². The number of aromatic amines is 1. The minimum atomic E-state index is -0.209. The SMILES string of the molecule is CCN(Cc1cc(C)on1)Cc1nc2cc(OC)c(OC)cc2c(=O)[nH]1. The number of fused-ring (bicyclic) bond motifs is 1. The molecule has 0 atom stereocenters. The Bertz CT molecular complexity index is 963. The summed E-state index contributed by atoms with van der Waals surface area (Å²) in [4.78, 5) is 22.0. The zero-order valence-electron chi connectivity index (χ0n) is 15.3. The van der Waals surface area contributed by atoms with Crippen LogP contribution in [0, 0.1) is 6.92 Å². The number of nitrogens with zero attached hydrogens (tertiary/aromatic N) is 3. The standard InChI is InChI=1S/C18H22N4O4/c1-5-22(9-12-6-11(2)26-21-12)10-17-19-14-8-16(25-4)15(24-3)7-13(14)18(23)20-17/h6-8H,5,9-10H2,1-4H3,(H,19,20,23). The fourth-order valence-electron chi connectivity index (χ4n) is 2.80. The van der Waals surface area contributed by atoms with E-state index in [0.717, 1.165) is 18.0 Å². The number of methoxy groups -OCH3 is 2. The molecule has 0 spiro atoms. The van der Waals surface area contributed by atoms with E-state index in [0.29, 0.717) is 41.3 Å². The lowest BCUT2D eigenvalue weighted by molar-refractivity contribution is 0.254. The van der Waals surface area contributed by atoms with Crippen LogP contribution in [0.1, 0.15) is 24.2 Å². The first-order valence-electron chi connectivity index (χ1n) is 8.33. The molecule has 0 bridgehead atoms. The smallest absolute Gasteiger partial charge is 0.258 e. The molecule has 1 aromatic carbocycles. The van der Waals surface area contributed by atoms with Gasteiger partial charge in [-0.1, -0.05) is 12.1 Å². The van der Waals surface area contributed by atoms with E-state index in [-0.39, 0.29) is 5.56 Å². The maximum Gasteiger partial charge on any atom is 0.258 e. The maximum absolute atomic E-state index is 12.5. The zero-order valence-corrected chi connectivity index (χ0v) is 15.3. The molecule has 0 aliphatic carbocycles. The number of rotatable bonds is 7. The molecule has 0 aliphatic rings. The summed E-state index contributed by atoms with van der Waals surface area (Å²) in [5.41, 5.74) is 1.20. The van der Waals surface area contributed by atoms with Crippen LogP contribution in [0.25, 0.3) is 10.9 Å². The molecular formula is C18H22N4O4. The third-order valence-electron chi connectivity index (χ3n) is 4.14. The molecule has 0 saturated carbocycles. The van der Waals surface area contributed by atoms with E-state index >= 15 is 0 Å². The Labute approximate surface area is 150 Å². The molecule has 0 unspecified atom stereocenters. The second kappa shape index (κ2) is 7.57. The van der Waals surface area contributed by atoms with E-state index in [1.54, 1.807) is 19.2 Å². The first kappa shape index (κ1) is 17.9. The molecule has 8 nitrogen and oxygen atoms in total. The quantitative estimate of drug-likeness (QED) is 0.692. The fourth-order valence-corrected chi connectivity index (χ4v) is 2.80. The van der Waals surface area contributed by atoms with Gasteiger partial charge < -0.3 is 19.0 Å². The highest BCUT2D eigenvalue weighted by atomic mass is 16.5. The van der Waals surface area contributed by atoms with E-state index in [9.17, 15) is 4.79 Å². The monoisotopic (exact) mass is 358 g/mol. The maximum atomic E-state index is 12.5. The minimum Gasteiger partial charge on any atom is -0.493 e. The second-order valence-corrected chi connectivity index (χ2v) is 5.97. The number of H-pyrrole nitrogens is 1. The van der Waals surface area contributed by atoms with Crippen molar-refractivity contribution in [2.45, 2.75) is 26.9 Å². The average Bonchev–Trinajstić information content (AvgIpc) is 3.04. The normalized spacial score (nSPS) is 11.3. The molecule has 3 aromatic rings. The topological polar surface area (TPSA) is 93.5 Å². The highest BCUT2D eigenvalue weighted by Gasteiger charge is 2.14. The van der Waals surface area contributed by atoms with Crippen LogP contribution in [0.4, 0.5) is 0 Å². The number of nitrogens with one attached hydrogen (secondary N) is 1. The summed E-state index contributed by atoms with van der Waals surface area (Å²) < 4.78 is 15.7. The van der Waals surface area contributed by atoms with Crippen LogP contribution < -0.4 is 15.0 Å². The molecule has 3 rings (SSSR count). The van der Waals surface area contributed by atoms with Crippen LogP contribution in [-0.4, -0.2) is 40.8 Å². The van der Waals surface area contributed by atoms with Crippen LogP contribution in [0.15, 0.2) is 27.5 Å². The van der Waals surface area contributed by atoms with Crippen molar-refractivity contribution in [3.8, 4) is 11.5 Å². The molecule has 2 aromatic heterocycles. The van der Waals surface area contributed by atoms with Gasteiger partial charge in [0, 0.05) is 18.7 Å². The number of hydrogen-bond acceptors (Lipinski definition) is 7. The van der Waals surface area contributed by atoms with Gasteiger partial charge in [-0.2, -0.15) is 0 Å². The Hall–Kier alpha value is -2.87. The van der Waals surface area contributed by atoms with Crippen LogP contribution in [-0.2, 0) is 13.1 Å². The van der Waals surface area contributed by atoms with Crippen LogP contribution in [0.5, 0.6) is 11.5 Å². The van der Waals surface area contributed by atoms with E-state index in [4.69, 9.17) is 14.0 Å². The molecular weight excluding hydrogens is 336 g/mol. The first-order chi connectivity index (χ1) is 12.5. The average molecular weight is 358 g/mol. The van der Waals surface area contributed by atoms with Gasteiger partial charge in [-0.25, -0.2) is 4.98 Å². The third kappa shape index (κ3) is 3.70. The van der Waals surface area contributed by atoms with Crippen molar-refractivity contribution in [2.24, 2.45) is 0 Å².